The first-order chi connectivity index (χ1) is 11.8. The van der Waals surface area contributed by atoms with E-state index in [1.807, 2.05) is 12.1 Å². The second-order valence-corrected chi connectivity index (χ2v) is 7.99. The molecule has 1 fully saturated rings. The average Bonchev–Trinajstić information content (AvgIpc) is 3.08. The fourth-order valence-electron chi connectivity index (χ4n) is 2.17. The van der Waals surface area contributed by atoms with Gasteiger partial charge in [-0.3, -0.25) is 14.5 Å². The lowest BCUT2D eigenvalue weighted by atomic mass is 10.2. The predicted molar refractivity (Wildman–Crippen MR) is 104 cm³/mol. The number of rotatable bonds is 4. The van der Waals surface area contributed by atoms with E-state index in [2.05, 4.69) is 15.9 Å². The van der Waals surface area contributed by atoms with Crippen LogP contribution in [0.5, 0.6) is 0 Å². The van der Waals surface area contributed by atoms with Crippen molar-refractivity contribution in [2.45, 2.75) is 0 Å². The van der Waals surface area contributed by atoms with E-state index in [9.17, 15) is 9.59 Å². The summed E-state index contributed by atoms with van der Waals surface area (Å²) in [5, 5.41) is 9.37. The molecule has 2 aromatic rings. The predicted octanol–water partition coefficient (Wildman–Crippen LogP) is 4.65. The average molecular weight is 459 g/mol. The standard InChI is InChI=1S/C16H9BrClNO4S2/c17-8-1-3-10(11(18)5-8)12-4-2-9(23-12)6-13-15(22)19(7-14(20)21)16(24)25-13/h1-6H,7H2,(H,20,21)/b13-6+. The number of halogens is 2. The molecular formula is C16H9BrClNO4S2. The molecule has 0 saturated carbocycles. The lowest BCUT2D eigenvalue weighted by Gasteiger charge is -2.09. The Kier molecular flexibility index (Phi) is 5.33. The Morgan fingerprint density at radius 2 is 2.16 bits per heavy atom. The Morgan fingerprint density at radius 1 is 1.40 bits per heavy atom. The highest BCUT2D eigenvalue weighted by Crippen LogP contribution is 2.35. The topological polar surface area (TPSA) is 70.8 Å². The van der Waals surface area contributed by atoms with Gasteiger partial charge >= 0.3 is 5.97 Å². The van der Waals surface area contributed by atoms with Crippen molar-refractivity contribution in [3.63, 3.8) is 0 Å². The van der Waals surface area contributed by atoms with Crippen molar-refractivity contribution in [3.8, 4) is 11.3 Å². The van der Waals surface area contributed by atoms with Crippen LogP contribution in [-0.4, -0.2) is 32.7 Å². The molecular weight excluding hydrogens is 450 g/mol. The zero-order valence-corrected chi connectivity index (χ0v) is 16.3. The van der Waals surface area contributed by atoms with E-state index < -0.39 is 18.4 Å². The van der Waals surface area contributed by atoms with Crippen molar-refractivity contribution in [1.29, 1.82) is 0 Å². The maximum atomic E-state index is 12.2. The number of carboxylic acid groups (broad SMARTS) is 1. The van der Waals surface area contributed by atoms with Gasteiger partial charge in [0.25, 0.3) is 5.91 Å². The minimum atomic E-state index is -1.12. The molecule has 3 rings (SSSR count). The molecule has 0 unspecified atom stereocenters. The molecule has 0 atom stereocenters. The van der Waals surface area contributed by atoms with Crippen LogP contribution in [0.4, 0.5) is 0 Å². The molecule has 2 heterocycles. The lowest BCUT2D eigenvalue weighted by molar-refractivity contribution is -0.140. The first-order valence-electron chi connectivity index (χ1n) is 6.87. The van der Waals surface area contributed by atoms with Crippen molar-refractivity contribution < 1.29 is 19.1 Å². The number of thioether (sulfide) groups is 1. The molecule has 25 heavy (non-hydrogen) atoms. The molecule has 1 N–H and O–H groups in total. The number of hydrogen-bond donors (Lipinski definition) is 1. The molecule has 1 aromatic carbocycles. The number of carbonyl (C=O) groups is 2. The van der Waals surface area contributed by atoms with Gasteiger partial charge in [0.05, 0.1) is 9.93 Å². The smallest absolute Gasteiger partial charge is 0.323 e. The largest absolute Gasteiger partial charge is 0.480 e. The Bertz CT molecular complexity index is 925. The van der Waals surface area contributed by atoms with Gasteiger partial charge in [-0.1, -0.05) is 51.5 Å². The van der Waals surface area contributed by atoms with Crippen LogP contribution in [0.1, 0.15) is 5.76 Å². The second kappa shape index (κ2) is 7.33. The summed E-state index contributed by atoms with van der Waals surface area (Å²) >= 11 is 15.6. The zero-order valence-electron chi connectivity index (χ0n) is 12.4. The summed E-state index contributed by atoms with van der Waals surface area (Å²) < 4.78 is 6.80. The summed E-state index contributed by atoms with van der Waals surface area (Å²) in [5.41, 5.74) is 0.725. The first-order valence-corrected chi connectivity index (χ1v) is 9.27. The summed E-state index contributed by atoms with van der Waals surface area (Å²) in [7, 11) is 0. The molecule has 1 aliphatic rings. The Hall–Kier alpha value is -1.61. The third kappa shape index (κ3) is 3.98. The molecule has 0 spiro atoms. The molecule has 1 aliphatic heterocycles. The summed E-state index contributed by atoms with van der Waals surface area (Å²) in [5.74, 6) is -0.561. The highest BCUT2D eigenvalue weighted by atomic mass is 79.9. The fraction of sp³-hybridized carbons (Fsp3) is 0.0625. The van der Waals surface area contributed by atoms with Gasteiger partial charge in [0.15, 0.2) is 0 Å². The van der Waals surface area contributed by atoms with Crippen molar-refractivity contribution >= 4 is 73.8 Å². The Labute approximate surface area is 165 Å². The molecule has 0 radical (unpaired) electrons. The number of carbonyl (C=O) groups excluding carboxylic acids is 1. The van der Waals surface area contributed by atoms with Crippen LogP contribution in [0.2, 0.25) is 5.02 Å². The number of furan rings is 1. The molecule has 5 nitrogen and oxygen atoms in total. The van der Waals surface area contributed by atoms with Crippen LogP contribution in [0.15, 0.2) is 44.1 Å². The maximum absolute atomic E-state index is 12.2. The number of aliphatic carboxylic acids is 1. The van der Waals surface area contributed by atoms with Crippen LogP contribution >= 0.6 is 51.5 Å². The highest BCUT2D eigenvalue weighted by Gasteiger charge is 2.33. The van der Waals surface area contributed by atoms with Gasteiger partial charge in [-0.15, -0.1) is 0 Å². The monoisotopic (exact) mass is 457 g/mol. The molecule has 1 aromatic heterocycles. The van der Waals surface area contributed by atoms with Crippen LogP contribution in [0, 0.1) is 0 Å². The lowest BCUT2D eigenvalue weighted by Crippen LogP contribution is -2.33. The van der Waals surface area contributed by atoms with Crippen molar-refractivity contribution in [2.24, 2.45) is 0 Å². The van der Waals surface area contributed by atoms with E-state index in [4.69, 9.17) is 33.3 Å². The number of carboxylic acids is 1. The highest BCUT2D eigenvalue weighted by molar-refractivity contribution is 9.10. The first kappa shape index (κ1) is 18.2. The summed E-state index contributed by atoms with van der Waals surface area (Å²) in [6.45, 7) is -0.458. The quantitative estimate of drug-likeness (QED) is 0.531. The number of amides is 1. The Morgan fingerprint density at radius 3 is 2.84 bits per heavy atom. The van der Waals surface area contributed by atoms with Gasteiger partial charge in [0, 0.05) is 16.1 Å². The number of nitrogens with zero attached hydrogens (tertiary/aromatic N) is 1. The normalized spacial score (nSPS) is 16.1. The fourth-order valence-corrected chi connectivity index (χ4v) is 4.17. The van der Waals surface area contributed by atoms with Crippen LogP contribution in [-0.2, 0) is 9.59 Å². The third-order valence-corrected chi connectivity index (χ3v) is 5.45. The van der Waals surface area contributed by atoms with Gasteiger partial charge < -0.3 is 9.52 Å². The third-order valence-electron chi connectivity index (χ3n) is 3.26. The minimum Gasteiger partial charge on any atom is -0.480 e. The SMILES string of the molecule is O=C(O)CN1C(=O)/C(=C\c2ccc(-c3ccc(Br)cc3Cl)o2)SC1=S. The second-order valence-electron chi connectivity index (χ2n) is 4.99. The molecule has 1 saturated heterocycles. The van der Waals surface area contributed by atoms with Gasteiger partial charge in [-0.2, -0.15) is 0 Å². The van der Waals surface area contributed by atoms with E-state index in [0.29, 0.717) is 21.4 Å². The maximum Gasteiger partial charge on any atom is 0.323 e. The van der Waals surface area contributed by atoms with Gasteiger partial charge in [0.1, 0.15) is 22.4 Å². The number of thiocarbonyl (C=S) groups is 1. The van der Waals surface area contributed by atoms with E-state index in [-0.39, 0.29) is 4.32 Å². The van der Waals surface area contributed by atoms with Crippen molar-refractivity contribution in [3.05, 3.63) is 50.5 Å². The van der Waals surface area contributed by atoms with Crippen LogP contribution < -0.4 is 0 Å². The summed E-state index contributed by atoms with van der Waals surface area (Å²) in [6.07, 6.45) is 1.54. The van der Waals surface area contributed by atoms with E-state index in [0.717, 1.165) is 26.7 Å². The Balaban J connectivity index is 1.86. The molecule has 9 heteroatoms. The summed E-state index contributed by atoms with van der Waals surface area (Å²) in [4.78, 5) is 24.4. The molecule has 0 aliphatic carbocycles. The molecule has 0 bridgehead atoms. The number of benzene rings is 1. The van der Waals surface area contributed by atoms with E-state index >= 15 is 0 Å². The van der Waals surface area contributed by atoms with Gasteiger partial charge in [0.2, 0.25) is 0 Å². The summed E-state index contributed by atoms with van der Waals surface area (Å²) in [6, 6.07) is 8.88. The van der Waals surface area contributed by atoms with Gasteiger partial charge in [-0.25, -0.2) is 0 Å². The van der Waals surface area contributed by atoms with Crippen LogP contribution in [0.25, 0.3) is 17.4 Å². The molecule has 128 valence electrons. The number of hydrogen-bond acceptors (Lipinski definition) is 5. The zero-order chi connectivity index (χ0) is 18.1. The minimum absolute atomic E-state index is 0.210. The van der Waals surface area contributed by atoms with E-state index in [1.165, 1.54) is 6.08 Å². The van der Waals surface area contributed by atoms with Crippen LogP contribution in [0.3, 0.4) is 0 Å². The van der Waals surface area contributed by atoms with E-state index in [1.54, 1.807) is 18.2 Å². The molecule has 1 amide bonds. The van der Waals surface area contributed by atoms with Gasteiger partial charge in [-0.05, 0) is 30.3 Å². The van der Waals surface area contributed by atoms with Crippen molar-refractivity contribution in [2.75, 3.05) is 6.54 Å². The van der Waals surface area contributed by atoms with Crippen molar-refractivity contribution in [1.82, 2.24) is 4.90 Å².